The number of aryl methyl sites for hydroxylation is 2. The van der Waals surface area contributed by atoms with Gasteiger partial charge in [0.1, 0.15) is 5.76 Å². The van der Waals surface area contributed by atoms with Gasteiger partial charge >= 0.3 is 0 Å². The van der Waals surface area contributed by atoms with E-state index in [4.69, 9.17) is 0 Å². The number of carbonyl (C=O) groups is 1. The highest BCUT2D eigenvalue weighted by Crippen LogP contribution is 2.26. The van der Waals surface area contributed by atoms with E-state index in [0.717, 1.165) is 23.1 Å². The van der Waals surface area contributed by atoms with Crippen molar-refractivity contribution >= 4 is 17.5 Å². The molecule has 5 heteroatoms. The number of rotatable bonds is 3. The molecule has 0 unspecified atom stereocenters. The minimum absolute atomic E-state index is 0.000240. The second-order valence-electron chi connectivity index (χ2n) is 3.51. The molecule has 0 aromatic carbocycles. The van der Waals surface area contributed by atoms with Crippen molar-refractivity contribution in [2.24, 2.45) is 0 Å². The number of nitrogens with zero attached hydrogens (tertiary/aromatic N) is 2. The summed E-state index contributed by atoms with van der Waals surface area (Å²) in [7, 11) is 0. The average Bonchev–Trinajstić information content (AvgIpc) is 2.11. The summed E-state index contributed by atoms with van der Waals surface area (Å²) in [6.07, 6.45) is 0. The Morgan fingerprint density at radius 2 is 1.75 bits per heavy atom. The van der Waals surface area contributed by atoms with Gasteiger partial charge in [-0.15, -0.1) is 0 Å². The normalized spacial score (nSPS) is 12.2. The molecule has 0 aliphatic heterocycles. The van der Waals surface area contributed by atoms with E-state index in [9.17, 15) is 9.90 Å². The second kappa shape index (κ2) is 5.12. The molecule has 0 amide bonds. The first-order valence-electron chi connectivity index (χ1n) is 4.81. The molecular formula is C11H14N2O2S. The summed E-state index contributed by atoms with van der Waals surface area (Å²) in [5.41, 5.74) is 1.68. The fourth-order valence-corrected chi connectivity index (χ4v) is 2.08. The summed E-state index contributed by atoms with van der Waals surface area (Å²) < 4.78 is 0. The fourth-order valence-electron chi connectivity index (χ4n) is 1.23. The van der Waals surface area contributed by atoms with Crippen LogP contribution >= 0.6 is 11.8 Å². The highest BCUT2D eigenvalue weighted by Gasteiger charge is 2.12. The monoisotopic (exact) mass is 238 g/mol. The van der Waals surface area contributed by atoms with E-state index < -0.39 is 0 Å². The molecule has 1 heterocycles. The summed E-state index contributed by atoms with van der Waals surface area (Å²) >= 11 is 1.09. The van der Waals surface area contributed by atoms with E-state index in [2.05, 4.69) is 9.97 Å². The first kappa shape index (κ1) is 12.7. The molecule has 0 atom stereocenters. The Morgan fingerprint density at radius 1 is 1.25 bits per heavy atom. The van der Waals surface area contributed by atoms with Crippen LogP contribution in [0.4, 0.5) is 0 Å². The summed E-state index contributed by atoms with van der Waals surface area (Å²) in [5.74, 6) is -0.187. The lowest BCUT2D eigenvalue weighted by atomic mass is 10.4. The predicted octanol–water partition coefficient (Wildman–Crippen LogP) is 2.56. The quantitative estimate of drug-likeness (QED) is 0.379. The number of aliphatic hydroxyl groups excluding tert-OH is 1. The van der Waals surface area contributed by atoms with E-state index in [0.29, 0.717) is 5.16 Å². The molecule has 86 valence electrons. The maximum Gasteiger partial charge on any atom is 0.193 e. The third-order valence-electron chi connectivity index (χ3n) is 1.80. The number of aliphatic hydroxyl groups is 1. The Hall–Kier alpha value is -1.36. The van der Waals surface area contributed by atoms with Crippen molar-refractivity contribution in [1.82, 2.24) is 9.97 Å². The number of allylic oxidation sites excluding steroid dienone is 2. The van der Waals surface area contributed by atoms with E-state index in [-0.39, 0.29) is 16.4 Å². The predicted molar refractivity (Wildman–Crippen MR) is 63.4 cm³/mol. The van der Waals surface area contributed by atoms with Crippen molar-refractivity contribution in [3.8, 4) is 0 Å². The molecule has 16 heavy (non-hydrogen) atoms. The third-order valence-corrected chi connectivity index (χ3v) is 2.96. The Kier molecular flexibility index (Phi) is 4.06. The zero-order valence-corrected chi connectivity index (χ0v) is 10.6. The Bertz CT molecular complexity index is 431. The number of hydrogen-bond acceptors (Lipinski definition) is 5. The molecule has 0 bridgehead atoms. The molecule has 1 N–H and O–H groups in total. The number of Topliss-reactive ketones (excluding diaryl/α,β-unsaturated/α-hetero) is 1. The first-order chi connectivity index (χ1) is 7.40. The van der Waals surface area contributed by atoms with Crippen molar-refractivity contribution < 1.29 is 9.90 Å². The van der Waals surface area contributed by atoms with Gasteiger partial charge in [-0.05, 0) is 45.5 Å². The molecule has 0 aliphatic carbocycles. The minimum Gasteiger partial charge on any atom is -0.511 e. The van der Waals surface area contributed by atoms with Crippen LogP contribution in [0.15, 0.2) is 21.9 Å². The van der Waals surface area contributed by atoms with Crippen LogP contribution in [0.3, 0.4) is 0 Å². The summed E-state index contributed by atoms with van der Waals surface area (Å²) in [6, 6.07) is 1.85. The fraction of sp³-hybridized carbons (Fsp3) is 0.364. The van der Waals surface area contributed by atoms with E-state index in [1.165, 1.54) is 13.8 Å². The SMILES string of the molecule is CC(=O)C(Sc1nc(C)cc(C)n1)=C(C)O. The van der Waals surface area contributed by atoms with Crippen molar-refractivity contribution in [3.63, 3.8) is 0 Å². The van der Waals surface area contributed by atoms with Crippen molar-refractivity contribution in [3.05, 3.63) is 28.1 Å². The zero-order chi connectivity index (χ0) is 12.3. The van der Waals surface area contributed by atoms with Crippen LogP contribution < -0.4 is 0 Å². The largest absolute Gasteiger partial charge is 0.511 e. The maximum atomic E-state index is 11.3. The van der Waals surface area contributed by atoms with Crippen molar-refractivity contribution in [2.75, 3.05) is 0 Å². The Labute approximate surface area is 98.8 Å². The molecule has 4 nitrogen and oxygen atoms in total. The summed E-state index contributed by atoms with van der Waals surface area (Å²) in [6.45, 7) is 6.61. The Balaban J connectivity index is 3.04. The molecule has 0 aliphatic rings. The summed E-state index contributed by atoms with van der Waals surface area (Å²) in [4.78, 5) is 19.9. The van der Waals surface area contributed by atoms with Crippen molar-refractivity contribution in [2.45, 2.75) is 32.9 Å². The average molecular weight is 238 g/mol. The molecule has 0 radical (unpaired) electrons. The number of carbonyl (C=O) groups excluding carboxylic acids is 1. The smallest absolute Gasteiger partial charge is 0.193 e. The van der Waals surface area contributed by atoms with Gasteiger partial charge in [0, 0.05) is 11.4 Å². The van der Waals surface area contributed by atoms with E-state index >= 15 is 0 Å². The lowest BCUT2D eigenvalue weighted by Gasteiger charge is -2.05. The molecule has 1 rings (SSSR count). The molecule has 0 spiro atoms. The minimum atomic E-state index is -0.187. The lowest BCUT2D eigenvalue weighted by Crippen LogP contribution is -1.99. The highest BCUT2D eigenvalue weighted by molar-refractivity contribution is 8.03. The summed E-state index contributed by atoms with van der Waals surface area (Å²) in [5, 5.41) is 9.85. The molecule has 0 fully saturated rings. The van der Waals surface area contributed by atoms with E-state index in [1.807, 2.05) is 19.9 Å². The topological polar surface area (TPSA) is 63.1 Å². The van der Waals surface area contributed by atoms with Crippen LogP contribution in [0, 0.1) is 13.8 Å². The molecule has 0 saturated heterocycles. The Morgan fingerprint density at radius 3 is 2.12 bits per heavy atom. The van der Waals surface area contributed by atoms with Crippen LogP contribution in [0.25, 0.3) is 0 Å². The van der Waals surface area contributed by atoms with Gasteiger partial charge in [-0.25, -0.2) is 9.97 Å². The van der Waals surface area contributed by atoms with Gasteiger partial charge < -0.3 is 5.11 Å². The van der Waals surface area contributed by atoms with Crippen molar-refractivity contribution in [1.29, 1.82) is 0 Å². The highest BCUT2D eigenvalue weighted by atomic mass is 32.2. The standard InChI is InChI=1S/C11H14N2O2S/c1-6-5-7(2)13-11(12-6)16-10(8(3)14)9(4)15/h5,14H,1-4H3. The number of ketones is 1. The zero-order valence-electron chi connectivity index (χ0n) is 9.74. The van der Waals surface area contributed by atoms with Crippen LogP contribution in [0.5, 0.6) is 0 Å². The number of hydrogen-bond donors (Lipinski definition) is 1. The number of aromatic nitrogens is 2. The maximum absolute atomic E-state index is 11.3. The van der Waals surface area contributed by atoms with Gasteiger partial charge in [0.25, 0.3) is 0 Å². The van der Waals surface area contributed by atoms with Crippen LogP contribution in [0.2, 0.25) is 0 Å². The van der Waals surface area contributed by atoms with Gasteiger partial charge in [-0.3, -0.25) is 4.79 Å². The van der Waals surface area contributed by atoms with Crippen LogP contribution in [-0.2, 0) is 4.79 Å². The van der Waals surface area contributed by atoms with Gasteiger partial charge in [-0.1, -0.05) is 0 Å². The van der Waals surface area contributed by atoms with Crippen LogP contribution in [-0.4, -0.2) is 20.9 Å². The molecule has 1 aromatic rings. The first-order valence-corrected chi connectivity index (χ1v) is 5.62. The third kappa shape index (κ3) is 3.34. The molecule has 0 saturated carbocycles. The van der Waals surface area contributed by atoms with Gasteiger partial charge in [0.15, 0.2) is 10.9 Å². The molecular weight excluding hydrogens is 224 g/mol. The van der Waals surface area contributed by atoms with Crippen LogP contribution in [0.1, 0.15) is 25.2 Å². The lowest BCUT2D eigenvalue weighted by molar-refractivity contribution is -0.113. The van der Waals surface area contributed by atoms with Gasteiger partial charge in [0.2, 0.25) is 0 Å². The number of thioether (sulfide) groups is 1. The van der Waals surface area contributed by atoms with Gasteiger partial charge in [0.05, 0.1) is 4.91 Å². The molecule has 1 aromatic heterocycles. The second-order valence-corrected chi connectivity index (χ2v) is 4.48. The van der Waals surface area contributed by atoms with Gasteiger partial charge in [-0.2, -0.15) is 0 Å². The van der Waals surface area contributed by atoms with E-state index in [1.54, 1.807) is 0 Å².